The molecule has 5 heteroatoms. The second-order valence-electron chi connectivity index (χ2n) is 6.67. The molecule has 0 saturated heterocycles. The maximum Gasteiger partial charge on any atom is 0.310 e. The lowest BCUT2D eigenvalue weighted by molar-refractivity contribution is -0.151. The van der Waals surface area contributed by atoms with Crippen molar-refractivity contribution in [2.24, 2.45) is 11.8 Å². The largest absolute Gasteiger partial charge is 0.466 e. The highest BCUT2D eigenvalue weighted by molar-refractivity contribution is 5.74. The van der Waals surface area contributed by atoms with Crippen molar-refractivity contribution in [2.45, 2.75) is 77.3 Å². The summed E-state index contributed by atoms with van der Waals surface area (Å²) < 4.78 is 10.5. The molecule has 2 rings (SSSR count). The van der Waals surface area contributed by atoms with Crippen LogP contribution in [0.1, 0.15) is 65.2 Å². The Balaban J connectivity index is 2.00. The van der Waals surface area contributed by atoms with Gasteiger partial charge in [0.25, 0.3) is 0 Å². The summed E-state index contributed by atoms with van der Waals surface area (Å²) in [5.41, 5.74) is 0. The van der Waals surface area contributed by atoms with Crippen LogP contribution in [0.4, 0.5) is 0 Å². The van der Waals surface area contributed by atoms with Crippen LogP contribution in [0.25, 0.3) is 0 Å². The standard InChI is InChI=1S/C18H31NO4/c1-3-22-17(20)13-9-5-7-11-15(13)19-16-12-8-6-10-14(16)18(21)23-4-2/h13-16,19H,3-12H2,1-2H3/t13-,14+,15+,16-. The van der Waals surface area contributed by atoms with Gasteiger partial charge < -0.3 is 14.8 Å². The van der Waals surface area contributed by atoms with Crippen LogP contribution in [0, 0.1) is 11.8 Å². The first-order valence-corrected chi connectivity index (χ1v) is 9.26. The van der Waals surface area contributed by atoms with Gasteiger partial charge in [0.1, 0.15) is 0 Å². The number of carbonyl (C=O) groups is 2. The fourth-order valence-corrected chi connectivity index (χ4v) is 4.00. The van der Waals surface area contributed by atoms with Gasteiger partial charge in [0, 0.05) is 12.1 Å². The molecule has 2 fully saturated rings. The van der Waals surface area contributed by atoms with E-state index in [0.29, 0.717) is 13.2 Å². The molecule has 0 heterocycles. The normalized spacial score (nSPS) is 31.4. The van der Waals surface area contributed by atoms with E-state index in [9.17, 15) is 9.59 Å². The third-order valence-corrected chi connectivity index (χ3v) is 5.14. The molecule has 2 aliphatic carbocycles. The lowest BCUT2D eigenvalue weighted by Gasteiger charge is -2.38. The molecular weight excluding hydrogens is 294 g/mol. The van der Waals surface area contributed by atoms with Crippen LogP contribution in [-0.2, 0) is 19.1 Å². The van der Waals surface area contributed by atoms with Gasteiger partial charge in [0.15, 0.2) is 0 Å². The van der Waals surface area contributed by atoms with Crippen LogP contribution in [0.3, 0.4) is 0 Å². The predicted molar refractivity (Wildman–Crippen MR) is 87.9 cm³/mol. The summed E-state index contributed by atoms with van der Waals surface area (Å²) in [5.74, 6) is -0.330. The summed E-state index contributed by atoms with van der Waals surface area (Å²) in [6.07, 6.45) is 8.14. The van der Waals surface area contributed by atoms with Crippen molar-refractivity contribution >= 4 is 11.9 Å². The van der Waals surface area contributed by atoms with E-state index in [1.807, 2.05) is 13.8 Å². The predicted octanol–water partition coefficient (Wildman–Crippen LogP) is 2.82. The topological polar surface area (TPSA) is 64.6 Å². The summed E-state index contributed by atoms with van der Waals surface area (Å²) >= 11 is 0. The smallest absolute Gasteiger partial charge is 0.310 e. The number of nitrogens with one attached hydrogen (secondary N) is 1. The van der Waals surface area contributed by atoms with Gasteiger partial charge in [-0.25, -0.2) is 0 Å². The Kier molecular flexibility index (Phi) is 7.34. The molecule has 0 bridgehead atoms. The molecule has 0 aliphatic heterocycles. The summed E-state index contributed by atoms with van der Waals surface area (Å²) in [6.45, 7) is 4.55. The van der Waals surface area contributed by atoms with Crippen LogP contribution in [0.15, 0.2) is 0 Å². The third-order valence-electron chi connectivity index (χ3n) is 5.14. The number of hydrogen-bond acceptors (Lipinski definition) is 5. The maximum atomic E-state index is 12.2. The number of esters is 2. The van der Waals surface area contributed by atoms with Crippen LogP contribution in [-0.4, -0.2) is 37.2 Å². The highest BCUT2D eigenvalue weighted by Gasteiger charge is 2.38. The molecule has 0 unspecified atom stereocenters. The molecule has 0 aromatic rings. The van der Waals surface area contributed by atoms with E-state index in [1.165, 1.54) is 0 Å². The van der Waals surface area contributed by atoms with Crippen LogP contribution >= 0.6 is 0 Å². The van der Waals surface area contributed by atoms with Gasteiger partial charge in [0.05, 0.1) is 25.0 Å². The molecule has 2 saturated carbocycles. The van der Waals surface area contributed by atoms with Crippen LogP contribution in [0.2, 0.25) is 0 Å². The van der Waals surface area contributed by atoms with Gasteiger partial charge in [-0.1, -0.05) is 25.7 Å². The Bertz CT molecular complexity index is 362. The molecular formula is C18H31NO4. The fourth-order valence-electron chi connectivity index (χ4n) is 4.00. The van der Waals surface area contributed by atoms with Crippen molar-refractivity contribution in [1.82, 2.24) is 5.32 Å². The van der Waals surface area contributed by atoms with Crippen molar-refractivity contribution in [1.29, 1.82) is 0 Å². The van der Waals surface area contributed by atoms with Gasteiger partial charge in [0.2, 0.25) is 0 Å². The van der Waals surface area contributed by atoms with Crippen LogP contribution < -0.4 is 5.32 Å². The highest BCUT2D eigenvalue weighted by Crippen LogP contribution is 2.30. The first kappa shape index (κ1) is 18.2. The van der Waals surface area contributed by atoms with E-state index in [4.69, 9.17) is 9.47 Å². The summed E-state index contributed by atoms with van der Waals surface area (Å²) in [6, 6.07) is 0.255. The molecule has 2 aliphatic rings. The summed E-state index contributed by atoms with van der Waals surface area (Å²) in [7, 11) is 0. The lowest BCUT2D eigenvalue weighted by Crippen LogP contribution is -2.52. The molecule has 0 aromatic heterocycles. The zero-order valence-electron chi connectivity index (χ0n) is 14.5. The van der Waals surface area contributed by atoms with Gasteiger partial charge >= 0.3 is 11.9 Å². The number of rotatable bonds is 6. The van der Waals surface area contributed by atoms with Crippen molar-refractivity contribution in [2.75, 3.05) is 13.2 Å². The average Bonchev–Trinajstić information content (AvgIpc) is 2.56. The van der Waals surface area contributed by atoms with E-state index in [-0.39, 0.29) is 35.9 Å². The van der Waals surface area contributed by atoms with Crippen molar-refractivity contribution in [3.05, 3.63) is 0 Å². The minimum atomic E-state index is -0.0896. The molecule has 4 atom stereocenters. The minimum Gasteiger partial charge on any atom is -0.466 e. The molecule has 1 N–H and O–H groups in total. The summed E-state index contributed by atoms with van der Waals surface area (Å²) in [4.78, 5) is 24.4. The number of carbonyl (C=O) groups excluding carboxylic acids is 2. The Morgan fingerprint density at radius 2 is 1.17 bits per heavy atom. The number of hydrogen-bond donors (Lipinski definition) is 1. The molecule has 23 heavy (non-hydrogen) atoms. The number of ether oxygens (including phenoxy) is 2. The molecule has 0 amide bonds. The van der Waals surface area contributed by atoms with E-state index < -0.39 is 0 Å². The Morgan fingerprint density at radius 3 is 1.57 bits per heavy atom. The van der Waals surface area contributed by atoms with E-state index in [1.54, 1.807) is 0 Å². The summed E-state index contributed by atoms with van der Waals surface area (Å²) in [5, 5.41) is 3.63. The Labute approximate surface area is 139 Å². The van der Waals surface area contributed by atoms with Crippen molar-refractivity contribution < 1.29 is 19.1 Å². The average molecular weight is 325 g/mol. The monoisotopic (exact) mass is 325 g/mol. The van der Waals surface area contributed by atoms with Crippen molar-refractivity contribution in [3.8, 4) is 0 Å². The third kappa shape index (κ3) is 4.93. The fraction of sp³-hybridized carbons (Fsp3) is 0.889. The van der Waals surface area contributed by atoms with Crippen molar-refractivity contribution in [3.63, 3.8) is 0 Å². The van der Waals surface area contributed by atoms with E-state index in [2.05, 4.69) is 5.32 Å². The molecule has 5 nitrogen and oxygen atoms in total. The zero-order valence-corrected chi connectivity index (χ0v) is 14.5. The molecule has 132 valence electrons. The first-order valence-electron chi connectivity index (χ1n) is 9.26. The molecule has 0 radical (unpaired) electrons. The van der Waals surface area contributed by atoms with Gasteiger partial charge in [-0.2, -0.15) is 0 Å². The van der Waals surface area contributed by atoms with Crippen LogP contribution in [0.5, 0.6) is 0 Å². The maximum absolute atomic E-state index is 12.2. The van der Waals surface area contributed by atoms with E-state index in [0.717, 1.165) is 51.4 Å². The second-order valence-corrected chi connectivity index (χ2v) is 6.67. The molecule has 0 spiro atoms. The lowest BCUT2D eigenvalue weighted by atomic mass is 9.80. The van der Waals surface area contributed by atoms with E-state index >= 15 is 0 Å². The Morgan fingerprint density at radius 1 is 0.783 bits per heavy atom. The SMILES string of the molecule is CCOC(=O)[C@H]1CCCC[C@H]1N[C@H]1CCCC[C@H]1C(=O)OCC. The molecule has 0 aromatic carbocycles. The second kappa shape index (κ2) is 9.26. The first-order chi connectivity index (χ1) is 11.2. The van der Waals surface area contributed by atoms with Gasteiger partial charge in [-0.3, -0.25) is 9.59 Å². The highest BCUT2D eigenvalue weighted by atomic mass is 16.5. The quantitative estimate of drug-likeness (QED) is 0.761. The Hall–Kier alpha value is -1.10. The minimum absolute atomic E-state index is 0.0755. The van der Waals surface area contributed by atoms with Gasteiger partial charge in [-0.15, -0.1) is 0 Å². The van der Waals surface area contributed by atoms with Gasteiger partial charge in [-0.05, 0) is 39.5 Å². The zero-order chi connectivity index (χ0) is 16.7.